The van der Waals surface area contributed by atoms with E-state index in [9.17, 15) is 4.79 Å². The fourth-order valence-corrected chi connectivity index (χ4v) is 2.97. The van der Waals surface area contributed by atoms with Crippen molar-refractivity contribution >= 4 is 42.1 Å². The number of likely N-dealkylation sites (N-methyl/N-ethyl adjacent to an activating group) is 1. The maximum absolute atomic E-state index is 12.7. The minimum Gasteiger partial charge on any atom is -0.371 e. The molecule has 3 rings (SSSR count). The summed E-state index contributed by atoms with van der Waals surface area (Å²) in [6.45, 7) is 2.04. The zero-order chi connectivity index (χ0) is 14.1. The minimum absolute atomic E-state index is 0. The summed E-state index contributed by atoms with van der Waals surface area (Å²) in [7, 11) is 2.05. The molecule has 0 radical (unpaired) electrons. The molecular weight excluding hydrogens is 325 g/mol. The van der Waals surface area contributed by atoms with E-state index in [2.05, 4.69) is 11.9 Å². The van der Waals surface area contributed by atoms with Crippen molar-refractivity contribution in [2.75, 3.05) is 36.5 Å². The lowest BCUT2D eigenvalue weighted by Crippen LogP contribution is -2.47. The predicted octanol–water partition coefficient (Wildman–Crippen LogP) is 1.82. The number of nitrogens with zero attached hydrogens (tertiary/aromatic N) is 2. The fraction of sp³-hybridized carbons (Fsp3) is 0.533. The summed E-state index contributed by atoms with van der Waals surface area (Å²) in [5, 5.41) is 0. The molecule has 2 heterocycles. The molecule has 0 spiro atoms. The Balaban J connectivity index is 0.00000121. The quantitative estimate of drug-likeness (QED) is 0.886. The van der Waals surface area contributed by atoms with E-state index in [0.717, 1.165) is 30.8 Å². The Morgan fingerprint density at radius 2 is 1.91 bits per heavy atom. The highest BCUT2D eigenvalue weighted by Crippen LogP contribution is 2.33. The zero-order valence-electron chi connectivity index (χ0n) is 12.6. The van der Waals surface area contributed by atoms with E-state index in [1.165, 1.54) is 0 Å². The lowest BCUT2D eigenvalue weighted by Gasteiger charge is -2.36. The van der Waals surface area contributed by atoms with Gasteiger partial charge < -0.3 is 20.3 Å². The van der Waals surface area contributed by atoms with Gasteiger partial charge in [0.05, 0.1) is 17.5 Å². The molecular formula is C15H23Cl2N3O2. The van der Waals surface area contributed by atoms with Crippen molar-refractivity contribution in [2.45, 2.75) is 25.0 Å². The number of carbonyl (C=O) groups is 1. The van der Waals surface area contributed by atoms with Crippen molar-refractivity contribution in [3.05, 3.63) is 24.3 Å². The van der Waals surface area contributed by atoms with Gasteiger partial charge in [0.2, 0.25) is 0 Å². The van der Waals surface area contributed by atoms with Crippen molar-refractivity contribution < 1.29 is 9.53 Å². The Kier molecular flexibility index (Phi) is 6.94. The molecule has 0 bridgehead atoms. The SMILES string of the molecule is CN1CCN(C(=O)[C@@H]2CC[C@H](CN)O2)c2ccccc21.Cl.Cl. The minimum atomic E-state index is -0.333. The molecule has 0 saturated carbocycles. The number of benzene rings is 1. The van der Waals surface area contributed by atoms with Crippen LogP contribution in [0.2, 0.25) is 0 Å². The largest absolute Gasteiger partial charge is 0.371 e. The van der Waals surface area contributed by atoms with Crippen LogP contribution in [-0.4, -0.2) is 44.8 Å². The molecule has 7 heteroatoms. The number of anilines is 2. The maximum atomic E-state index is 12.7. The van der Waals surface area contributed by atoms with Gasteiger partial charge in [-0.25, -0.2) is 0 Å². The number of carbonyl (C=O) groups excluding carboxylic acids is 1. The monoisotopic (exact) mass is 347 g/mol. The van der Waals surface area contributed by atoms with Gasteiger partial charge in [0.15, 0.2) is 0 Å². The summed E-state index contributed by atoms with van der Waals surface area (Å²) in [4.78, 5) is 16.7. The van der Waals surface area contributed by atoms with E-state index < -0.39 is 0 Å². The van der Waals surface area contributed by atoms with E-state index in [-0.39, 0.29) is 42.9 Å². The van der Waals surface area contributed by atoms with E-state index in [1.54, 1.807) is 0 Å². The Labute approximate surface area is 143 Å². The van der Waals surface area contributed by atoms with Crippen LogP contribution in [0.25, 0.3) is 0 Å². The standard InChI is InChI=1S/C15H21N3O2.2ClH/c1-17-8-9-18(13-5-3-2-4-12(13)17)15(19)14-7-6-11(10-16)20-14;;/h2-5,11,14H,6-10,16H2,1H3;2*1H/t11-,14+;;/m1../s1. The zero-order valence-corrected chi connectivity index (χ0v) is 14.2. The van der Waals surface area contributed by atoms with Crippen LogP contribution in [0.15, 0.2) is 24.3 Å². The van der Waals surface area contributed by atoms with Crippen molar-refractivity contribution in [2.24, 2.45) is 5.73 Å². The van der Waals surface area contributed by atoms with Gasteiger partial charge in [-0.1, -0.05) is 12.1 Å². The Bertz CT molecular complexity index is 515. The first-order valence-electron chi connectivity index (χ1n) is 7.18. The average molecular weight is 348 g/mol. The van der Waals surface area contributed by atoms with Crippen LogP contribution >= 0.6 is 24.8 Å². The molecule has 22 heavy (non-hydrogen) atoms. The van der Waals surface area contributed by atoms with Crippen molar-refractivity contribution in [3.8, 4) is 0 Å². The second-order valence-corrected chi connectivity index (χ2v) is 5.46. The third-order valence-electron chi connectivity index (χ3n) is 4.15. The number of rotatable bonds is 2. The summed E-state index contributed by atoms with van der Waals surface area (Å²) in [5.41, 5.74) is 7.69. The van der Waals surface area contributed by atoms with Crippen LogP contribution in [0.5, 0.6) is 0 Å². The molecule has 1 saturated heterocycles. The Morgan fingerprint density at radius 1 is 1.23 bits per heavy atom. The van der Waals surface area contributed by atoms with Crippen molar-refractivity contribution in [3.63, 3.8) is 0 Å². The van der Waals surface area contributed by atoms with Gasteiger partial charge in [0.1, 0.15) is 6.10 Å². The number of para-hydroxylation sites is 2. The smallest absolute Gasteiger partial charge is 0.256 e. The van der Waals surface area contributed by atoms with Gasteiger partial charge in [-0.05, 0) is 25.0 Å². The topological polar surface area (TPSA) is 58.8 Å². The van der Waals surface area contributed by atoms with E-state index in [1.807, 2.05) is 29.2 Å². The molecule has 2 aliphatic heterocycles. The molecule has 5 nitrogen and oxygen atoms in total. The number of ether oxygens (including phenoxy) is 1. The van der Waals surface area contributed by atoms with Gasteiger partial charge in [-0.2, -0.15) is 0 Å². The molecule has 2 atom stereocenters. The number of fused-ring (bicyclic) bond motifs is 1. The number of amides is 1. The summed E-state index contributed by atoms with van der Waals surface area (Å²) < 4.78 is 5.74. The summed E-state index contributed by atoms with van der Waals surface area (Å²) in [6, 6.07) is 8.02. The molecule has 0 aliphatic carbocycles. The molecule has 124 valence electrons. The second-order valence-electron chi connectivity index (χ2n) is 5.46. The molecule has 1 aromatic rings. The lowest BCUT2D eigenvalue weighted by atomic mass is 10.1. The van der Waals surface area contributed by atoms with Gasteiger partial charge >= 0.3 is 0 Å². The normalized spacial score (nSPS) is 23.4. The molecule has 1 fully saturated rings. The van der Waals surface area contributed by atoms with Gasteiger partial charge in [-0.15, -0.1) is 24.8 Å². The first kappa shape index (κ1) is 19.0. The lowest BCUT2D eigenvalue weighted by molar-refractivity contribution is -0.129. The van der Waals surface area contributed by atoms with Crippen molar-refractivity contribution in [1.29, 1.82) is 0 Å². The number of hydrogen-bond donors (Lipinski definition) is 1. The molecule has 0 aromatic heterocycles. The van der Waals surface area contributed by atoms with Crippen LogP contribution < -0.4 is 15.5 Å². The summed E-state index contributed by atoms with van der Waals surface area (Å²) >= 11 is 0. The van der Waals surface area contributed by atoms with Crippen LogP contribution in [-0.2, 0) is 9.53 Å². The van der Waals surface area contributed by atoms with Crippen LogP contribution in [0, 0.1) is 0 Å². The Hall–Kier alpha value is -1.01. The van der Waals surface area contributed by atoms with Gasteiger partial charge in [0.25, 0.3) is 5.91 Å². The number of hydrogen-bond acceptors (Lipinski definition) is 4. The molecule has 1 aromatic carbocycles. The predicted molar refractivity (Wildman–Crippen MR) is 93.5 cm³/mol. The molecule has 2 N–H and O–H groups in total. The Morgan fingerprint density at radius 3 is 2.55 bits per heavy atom. The third kappa shape index (κ3) is 3.49. The van der Waals surface area contributed by atoms with E-state index in [0.29, 0.717) is 13.1 Å². The van der Waals surface area contributed by atoms with E-state index >= 15 is 0 Å². The van der Waals surface area contributed by atoms with Gasteiger partial charge in [-0.3, -0.25) is 4.79 Å². The first-order chi connectivity index (χ1) is 9.70. The number of nitrogens with two attached hydrogens (primary N) is 1. The van der Waals surface area contributed by atoms with Crippen LogP contribution in [0.3, 0.4) is 0 Å². The fourth-order valence-electron chi connectivity index (χ4n) is 2.97. The highest BCUT2D eigenvalue weighted by Gasteiger charge is 2.35. The summed E-state index contributed by atoms with van der Waals surface area (Å²) in [6.07, 6.45) is 1.35. The second kappa shape index (κ2) is 8.02. The van der Waals surface area contributed by atoms with Gasteiger partial charge in [0, 0.05) is 26.7 Å². The molecule has 0 unspecified atom stereocenters. The van der Waals surface area contributed by atoms with Crippen LogP contribution in [0.4, 0.5) is 11.4 Å². The maximum Gasteiger partial charge on any atom is 0.256 e. The average Bonchev–Trinajstić information content (AvgIpc) is 2.96. The summed E-state index contributed by atoms with van der Waals surface area (Å²) in [5.74, 6) is 0.0708. The third-order valence-corrected chi connectivity index (χ3v) is 4.15. The first-order valence-corrected chi connectivity index (χ1v) is 7.18. The van der Waals surface area contributed by atoms with Crippen molar-refractivity contribution in [1.82, 2.24) is 0 Å². The molecule has 2 aliphatic rings. The molecule has 1 amide bonds. The highest BCUT2D eigenvalue weighted by molar-refractivity contribution is 6.00. The van der Waals surface area contributed by atoms with E-state index in [4.69, 9.17) is 10.5 Å². The number of halogens is 2. The highest BCUT2D eigenvalue weighted by atomic mass is 35.5. The van der Waals surface area contributed by atoms with Crippen LogP contribution in [0.1, 0.15) is 12.8 Å².